The van der Waals surface area contributed by atoms with E-state index in [4.69, 9.17) is 28.9 Å². The van der Waals surface area contributed by atoms with Gasteiger partial charge in [0.05, 0.1) is 55.8 Å². The largest absolute Gasteiger partial charge is 0.488 e. The first-order chi connectivity index (χ1) is 29.8. The van der Waals surface area contributed by atoms with E-state index in [-0.39, 0.29) is 47.7 Å². The number of nitrogens with one attached hydrogen (secondary N) is 4. The molecule has 5 aromatic rings. The molecule has 2 aromatic heterocycles. The molecule has 2 fully saturated rings. The third-order valence-electron chi connectivity index (χ3n) is 12.7. The van der Waals surface area contributed by atoms with Gasteiger partial charge in [-0.3, -0.25) is 9.59 Å². The molecule has 4 amide bonds. The molecular formula is C46H56N8O8. The molecule has 0 bridgehead atoms. The second kappa shape index (κ2) is 17.3. The zero-order valence-corrected chi connectivity index (χ0v) is 36.5. The zero-order valence-electron chi connectivity index (χ0n) is 36.5. The molecule has 8 rings (SSSR count). The van der Waals surface area contributed by atoms with E-state index in [1.54, 1.807) is 18.2 Å². The van der Waals surface area contributed by atoms with Crippen molar-refractivity contribution in [1.82, 2.24) is 40.4 Å². The van der Waals surface area contributed by atoms with Gasteiger partial charge in [0.25, 0.3) is 0 Å². The van der Waals surface area contributed by atoms with Gasteiger partial charge in [-0.1, -0.05) is 45.9 Å². The number of carbonyl (C=O) groups is 4. The number of amides is 4. The normalized spacial score (nSPS) is 20.5. The van der Waals surface area contributed by atoms with Crippen molar-refractivity contribution in [1.29, 1.82) is 0 Å². The van der Waals surface area contributed by atoms with Gasteiger partial charge in [0.15, 0.2) is 0 Å². The van der Waals surface area contributed by atoms with E-state index in [2.05, 4.69) is 57.0 Å². The van der Waals surface area contributed by atoms with Crippen LogP contribution in [0.2, 0.25) is 0 Å². The third-order valence-corrected chi connectivity index (χ3v) is 12.7. The van der Waals surface area contributed by atoms with Gasteiger partial charge in [0, 0.05) is 36.6 Å². The number of benzene rings is 3. The van der Waals surface area contributed by atoms with Crippen LogP contribution in [0, 0.1) is 17.8 Å². The van der Waals surface area contributed by atoms with Crippen LogP contribution >= 0.6 is 0 Å². The fourth-order valence-corrected chi connectivity index (χ4v) is 9.43. The highest BCUT2D eigenvalue weighted by molar-refractivity contribution is 6.07. The van der Waals surface area contributed by atoms with Crippen molar-refractivity contribution in [2.45, 2.75) is 90.7 Å². The number of hydrogen-bond acceptors (Lipinski definition) is 10. The van der Waals surface area contributed by atoms with Crippen LogP contribution in [0.25, 0.3) is 44.2 Å². The zero-order chi connectivity index (χ0) is 44.0. The first-order valence-corrected chi connectivity index (χ1v) is 21.4. The maximum absolute atomic E-state index is 14.0. The molecule has 16 nitrogen and oxygen atoms in total. The Hall–Kier alpha value is -6.16. The summed E-state index contributed by atoms with van der Waals surface area (Å²) in [6.07, 6.45) is 2.73. The number of aromatic amines is 2. The lowest BCUT2D eigenvalue weighted by atomic mass is 9.92. The summed E-state index contributed by atoms with van der Waals surface area (Å²) in [5, 5.41) is 7.41. The van der Waals surface area contributed by atoms with E-state index in [1.807, 2.05) is 45.6 Å². The van der Waals surface area contributed by atoms with Crippen LogP contribution in [0.4, 0.5) is 9.59 Å². The molecule has 5 heterocycles. The van der Waals surface area contributed by atoms with Gasteiger partial charge < -0.3 is 49.3 Å². The maximum Gasteiger partial charge on any atom is 0.407 e. The van der Waals surface area contributed by atoms with Crippen LogP contribution in [0.3, 0.4) is 0 Å². The molecule has 2 saturated heterocycles. The summed E-state index contributed by atoms with van der Waals surface area (Å²) in [5.74, 6) is 1.61. The highest BCUT2D eigenvalue weighted by Gasteiger charge is 2.43. The Kier molecular flexibility index (Phi) is 11.9. The van der Waals surface area contributed by atoms with Crippen LogP contribution in [0.15, 0.2) is 48.7 Å². The van der Waals surface area contributed by atoms with E-state index in [1.165, 1.54) is 14.2 Å². The van der Waals surface area contributed by atoms with Gasteiger partial charge in [-0.2, -0.15) is 0 Å². The molecule has 0 saturated carbocycles. The Morgan fingerprint density at radius 1 is 0.855 bits per heavy atom. The predicted octanol–water partition coefficient (Wildman–Crippen LogP) is 7.01. The molecule has 6 atom stereocenters. The Bertz CT molecular complexity index is 2510. The van der Waals surface area contributed by atoms with Crippen molar-refractivity contribution in [2.75, 3.05) is 34.5 Å². The molecule has 0 aliphatic carbocycles. The summed E-state index contributed by atoms with van der Waals surface area (Å²) in [7, 11) is 4.23. The first-order valence-electron chi connectivity index (χ1n) is 21.4. The molecular weight excluding hydrogens is 793 g/mol. The highest BCUT2D eigenvalue weighted by atomic mass is 16.5. The SMILES string of the molecule is COC[C@H]1CC(c2ncc(-c3ccc4c(c3)COc3cc5c(ccc6[nH]c(C7CC[C@H](C)N7C(=O)[C@@H](NC(=O)OC)C(C)C)nc65)cc3-4)[nH]2)N(C(=O)[C@@H](NC(=O)OC)C(C)C)C1. The number of hydrogen-bond donors (Lipinski definition) is 4. The fraction of sp³-hybridized carbons (Fsp3) is 0.478. The average molecular weight is 849 g/mol. The average Bonchev–Trinajstić information content (AvgIpc) is 4.09. The minimum atomic E-state index is -0.755. The Morgan fingerprint density at radius 3 is 2.27 bits per heavy atom. The van der Waals surface area contributed by atoms with Crippen molar-refractivity contribution in [3.05, 3.63) is 65.9 Å². The summed E-state index contributed by atoms with van der Waals surface area (Å²) in [4.78, 5) is 72.8. The third kappa shape index (κ3) is 7.91. The first kappa shape index (κ1) is 42.5. The predicted molar refractivity (Wildman–Crippen MR) is 232 cm³/mol. The molecule has 0 radical (unpaired) electrons. The molecule has 2 unspecified atom stereocenters. The van der Waals surface area contributed by atoms with Crippen molar-refractivity contribution in [2.24, 2.45) is 17.8 Å². The van der Waals surface area contributed by atoms with Crippen LogP contribution in [0.1, 0.15) is 83.2 Å². The van der Waals surface area contributed by atoms with E-state index in [0.717, 1.165) is 68.3 Å². The lowest BCUT2D eigenvalue weighted by Gasteiger charge is -2.32. The Morgan fingerprint density at radius 2 is 1.58 bits per heavy atom. The van der Waals surface area contributed by atoms with E-state index >= 15 is 0 Å². The molecule has 328 valence electrons. The summed E-state index contributed by atoms with van der Waals surface area (Å²) in [6.45, 7) is 11.0. The summed E-state index contributed by atoms with van der Waals surface area (Å²) < 4.78 is 21.6. The van der Waals surface area contributed by atoms with Crippen molar-refractivity contribution < 1.29 is 38.1 Å². The number of aromatic nitrogens is 4. The molecule has 62 heavy (non-hydrogen) atoms. The van der Waals surface area contributed by atoms with Gasteiger partial charge in [0.2, 0.25) is 11.8 Å². The van der Waals surface area contributed by atoms with Gasteiger partial charge in [0.1, 0.15) is 36.1 Å². The Labute approximate surface area is 360 Å². The van der Waals surface area contributed by atoms with Crippen molar-refractivity contribution in [3.63, 3.8) is 0 Å². The molecule has 3 aliphatic rings. The number of alkyl carbamates (subject to hydrolysis) is 2. The topological polar surface area (TPSA) is 193 Å². The number of fused-ring (bicyclic) bond motifs is 6. The maximum atomic E-state index is 14.0. The van der Waals surface area contributed by atoms with Gasteiger partial charge in [-0.25, -0.2) is 19.6 Å². The van der Waals surface area contributed by atoms with Crippen LogP contribution in [0.5, 0.6) is 5.75 Å². The summed E-state index contributed by atoms with van der Waals surface area (Å²) >= 11 is 0. The number of nitrogens with zero attached hydrogens (tertiary/aromatic N) is 4. The lowest BCUT2D eigenvalue weighted by molar-refractivity contribution is -0.137. The van der Waals surface area contributed by atoms with E-state index < -0.39 is 24.3 Å². The lowest BCUT2D eigenvalue weighted by Crippen LogP contribution is -2.52. The standard InChI is InChI=1S/C46H56N8O8/c1-23(2)38(51-45(57)60-7)43(55)53-20-26(21-59-6)15-36(53)41-47-19-34(49-41)28-10-12-30-29(16-28)22-62-37-18-31-27(17-32(30)37)11-13-33-40(31)50-42(48-33)35-14-9-25(5)54(35)44(56)39(24(3)4)52-46(58)61-8/h10-13,16-19,23-26,35-36,38-39H,9,14-15,20-22H2,1-8H3,(H,47,49)(H,48,50)(H,51,57)(H,52,58)/t25-,26-,35?,36?,38-,39-/m0/s1. The number of likely N-dealkylation sites (tertiary alicyclic amines) is 2. The number of carbonyl (C=O) groups excluding carboxylic acids is 4. The number of ether oxygens (including phenoxy) is 4. The summed E-state index contributed by atoms with van der Waals surface area (Å²) in [6, 6.07) is 12.5. The van der Waals surface area contributed by atoms with Gasteiger partial charge in [-0.15, -0.1) is 0 Å². The molecule has 3 aliphatic heterocycles. The minimum Gasteiger partial charge on any atom is -0.488 e. The quantitative estimate of drug-likeness (QED) is 0.107. The number of rotatable bonds is 11. The van der Waals surface area contributed by atoms with Crippen LogP contribution in [-0.2, 0) is 30.4 Å². The van der Waals surface area contributed by atoms with E-state index in [0.29, 0.717) is 37.8 Å². The number of H-pyrrole nitrogens is 2. The van der Waals surface area contributed by atoms with Gasteiger partial charge >= 0.3 is 12.2 Å². The Balaban J connectivity index is 1.05. The molecule has 4 N–H and O–H groups in total. The number of imidazole rings is 2. The smallest absolute Gasteiger partial charge is 0.407 e. The van der Waals surface area contributed by atoms with E-state index in [9.17, 15) is 19.2 Å². The second-order valence-corrected chi connectivity index (χ2v) is 17.5. The fourth-order valence-electron chi connectivity index (χ4n) is 9.43. The van der Waals surface area contributed by atoms with Gasteiger partial charge in [-0.05, 0) is 84.4 Å². The summed E-state index contributed by atoms with van der Waals surface area (Å²) in [5.41, 5.74) is 6.50. The second-order valence-electron chi connectivity index (χ2n) is 17.5. The molecule has 3 aromatic carbocycles. The van der Waals surface area contributed by atoms with Crippen molar-refractivity contribution >= 4 is 45.8 Å². The minimum absolute atomic E-state index is 0.0301. The molecule has 16 heteroatoms. The van der Waals surface area contributed by atoms with Crippen LogP contribution in [-0.4, -0.2) is 106 Å². The van der Waals surface area contributed by atoms with Crippen molar-refractivity contribution in [3.8, 4) is 28.1 Å². The highest BCUT2D eigenvalue weighted by Crippen LogP contribution is 2.44. The molecule has 0 spiro atoms. The number of methoxy groups -OCH3 is 3. The van der Waals surface area contributed by atoms with Crippen LogP contribution < -0.4 is 15.4 Å². The monoisotopic (exact) mass is 848 g/mol.